The highest BCUT2D eigenvalue weighted by atomic mass is 32.2. The van der Waals surface area contributed by atoms with E-state index in [0.717, 1.165) is 17.3 Å². The molecular formula is C13H18O5S2. The summed E-state index contributed by atoms with van der Waals surface area (Å²) in [5.74, 6) is 0.400. The van der Waals surface area contributed by atoms with Gasteiger partial charge in [0.15, 0.2) is 0 Å². The molecule has 112 valence electrons. The average Bonchev–Trinajstić information content (AvgIpc) is 2.36. The normalized spacial score (nSPS) is 22.6. The maximum absolute atomic E-state index is 12.0. The minimum absolute atomic E-state index is 0.0281. The zero-order valence-electron chi connectivity index (χ0n) is 11.2. The van der Waals surface area contributed by atoms with Crippen molar-refractivity contribution in [2.45, 2.75) is 29.8 Å². The van der Waals surface area contributed by atoms with Crippen molar-refractivity contribution in [2.24, 2.45) is 5.92 Å². The molecule has 0 radical (unpaired) electrons. The van der Waals surface area contributed by atoms with Gasteiger partial charge in [-0.2, -0.15) is 8.42 Å². The van der Waals surface area contributed by atoms with Crippen LogP contribution in [0.2, 0.25) is 0 Å². The second-order valence-electron chi connectivity index (χ2n) is 5.00. The molecule has 1 atom stereocenters. The monoisotopic (exact) mass is 318 g/mol. The number of thioether (sulfide) groups is 1. The third-order valence-electron chi connectivity index (χ3n) is 3.18. The van der Waals surface area contributed by atoms with Crippen molar-refractivity contribution in [1.29, 1.82) is 0 Å². The van der Waals surface area contributed by atoms with E-state index in [4.69, 9.17) is 4.18 Å². The summed E-state index contributed by atoms with van der Waals surface area (Å²) in [6, 6.07) is 6.42. The van der Waals surface area contributed by atoms with E-state index in [9.17, 15) is 18.6 Å². The Morgan fingerprint density at radius 2 is 2.00 bits per heavy atom. The van der Waals surface area contributed by atoms with Gasteiger partial charge in [0.2, 0.25) is 5.12 Å². The molecule has 1 aliphatic heterocycles. The van der Waals surface area contributed by atoms with E-state index in [2.05, 4.69) is 0 Å². The maximum atomic E-state index is 12.0. The van der Waals surface area contributed by atoms with Crippen LogP contribution >= 0.6 is 11.8 Å². The molecule has 20 heavy (non-hydrogen) atoms. The van der Waals surface area contributed by atoms with Crippen LogP contribution in [0.3, 0.4) is 0 Å². The summed E-state index contributed by atoms with van der Waals surface area (Å²) >= 11 is 1.06. The van der Waals surface area contributed by atoms with Gasteiger partial charge in [-0.05, 0) is 37.1 Å². The molecule has 2 N–H and O–H groups in total. The van der Waals surface area contributed by atoms with Gasteiger partial charge in [0.25, 0.3) is 10.1 Å². The molecule has 1 saturated heterocycles. The highest BCUT2D eigenvalue weighted by molar-refractivity contribution is 8.00. The van der Waals surface area contributed by atoms with Crippen molar-refractivity contribution >= 4 is 21.9 Å². The molecule has 0 saturated carbocycles. The molecule has 1 aliphatic rings. The molecule has 7 heteroatoms. The molecule has 0 amide bonds. The van der Waals surface area contributed by atoms with Gasteiger partial charge in [-0.15, -0.1) is 0 Å². The van der Waals surface area contributed by atoms with Gasteiger partial charge in [-0.25, -0.2) is 0 Å². The van der Waals surface area contributed by atoms with Gasteiger partial charge in [0.05, 0.1) is 11.5 Å². The fourth-order valence-electron chi connectivity index (χ4n) is 2.03. The fraction of sp³-hybridized carbons (Fsp3) is 0.538. The van der Waals surface area contributed by atoms with E-state index >= 15 is 0 Å². The number of aryl methyl sites for hydroxylation is 1. The molecule has 1 aromatic rings. The highest BCUT2D eigenvalue weighted by Crippen LogP contribution is 2.35. The molecule has 0 spiro atoms. The molecule has 1 heterocycles. The zero-order chi connectivity index (χ0) is 14.8. The molecule has 1 aromatic carbocycles. The Morgan fingerprint density at radius 3 is 2.60 bits per heavy atom. The van der Waals surface area contributed by atoms with E-state index in [1.165, 1.54) is 12.1 Å². The van der Waals surface area contributed by atoms with Crippen LogP contribution in [0, 0.1) is 12.8 Å². The van der Waals surface area contributed by atoms with Gasteiger partial charge < -0.3 is 10.2 Å². The van der Waals surface area contributed by atoms with Crippen molar-refractivity contribution in [3.63, 3.8) is 0 Å². The first-order valence-corrected chi connectivity index (χ1v) is 8.73. The van der Waals surface area contributed by atoms with E-state index in [1.807, 2.05) is 6.92 Å². The Balaban J connectivity index is 1.97. The quantitative estimate of drug-likeness (QED) is 0.646. The lowest BCUT2D eigenvalue weighted by Gasteiger charge is -2.31. The van der Waals surface area contributed by atoms with Crippen molar-refractivity contribution in [3.05, 3.63) is 29.8 Å². The van der Waals surface area contributed by atoms with Gasteiger partial charge in [-0.1, -0.05) is 29.5 Å². The summed E-state index contributed by atoms with van der Waals surface area (Å²) in [5.41, 5.74) is 0.971. The number of hydrogen-bond donors (Lipinski definition) is 2. The fourth-order valence-corrected chi connectivity index (χ4v) is 4.14. The summed E-state index contributed by atoms with van der Waals surface area (Å²) in [7, 11) is -3.78. The summed E-state index contributed by atoms with van der Waals surface area (Å²) in [4.78, 5) is 0.118. The minimum atomic E-state index is -3.78. The zero-order valence-corrected chi connectivity index (χ0v) is 12.8. The van der Waals surface area contributed by atoms with E-state index in [0.29, 0.717) is 12.2 Å². The van der Waals surface area contributed by atoms with Crippen molar-refractivity contribution < 1.29 is 22.8 Å². The van der Waals surface area contributed by atoms with Crippen LogP contribution in [-0.2, 0) is 14.3 Å². The molecular weight excluding hydrogens is 300 g/mol. The van der Waals surface area contributed by atoms with Crippen LogP contribution in [0.25, 0.3) is 0 Å². The number of aliphatic hydroxyl groups is 2. The topological polar surface area (TPSA) is 83.8 Å². The predicted molar refractivity (Wildman–Crippen MR) is 76.7 cm³/mol. The van der Waals surface area contributed by atoms with E-state index in [1.54, 1.807) is 12.1 Å². The average molecular weight is 318 g/mol. The maximum Gasteiger partial charge on any atom is 0.296 e. The smallest absolute Gasteiger partial charge is 0.296 e. The summed E-state index contributed by atoms with van der Waals surface area (Å²) in [5, 5.41) is 17.3. The van der Waals surface area contributed by atoms with Crippen molar-refractivity contribution in [3.8, 4) is 0 Å². The molecule has 0 bridgehead atoms. The summed E-state index contributed by atoms with van der Waals surface area (Å²) < 4.78 is 29.0. The Hall–Kier alpha value is -0.600. The van der Waals surface area contributed by atoms with Gasteiger partial charge >= 0.3 is 0 Å². The van der Waals surface area contributed by atoms with E-state index < -0.39 is 15.2 Å². The second kappa shape index (κ2) is 6.03. The predicted octanol–water partition coefficient (Wildman–Crippen LogP) is 1.48. The first-order valence-electron chi connectivity index (χ1n) is 6.33. The van der Waals surface area contributed by atoms with Gasteiger partial charge in [0.1, 0.15) is 0 Å². The molecule has 0 aliphatic carbocycles. The molecule has 1 unspecified atom stereocenters. The molecule has 0 aromatic heterocycles. The Morgan fingerprint density at radius 1 is 1.35 bits per heavy atom. The first-order chi connectivity index (χ1) is 9.28. The second-order valence-corrected chi connectivity index (χ2v) is 7.97. The SMILES string of the molecule is Cc1ccc(S(=O)(=O)OCC2CCSC(O)(O)C2)cc1. The lowest BCUT2D eigenvalue weighted by atomic mass is 10.0. The molecule has 2 rings (SSSR count). The van der Waals surface area contributed by atoms with Crippen LogP contribution in [-0.4, -0.2) is 36.1 Å². The van der Waals surface area contributed by atoms with Crippen molar-refractivity contribution in [1.82, 2.24) is 0 Å². The lowest BCUT2D eigenvalue weighted by molar-refractivity contribution is -0.0978. The Labute approximate surface area is 123 Å². The van der Waals surface area contributed by atoms with Crippen LogP contribution in [0.5, 0.6) is 0 Å². The summed E-state index contributed by atoms with van der Waals surface area (Å²) in [6.07, 6.45) is 0.817. The number of benzene rings is 1. The first kappa shape index (κ1) is 15.8. The largest absolute Gasteiger partial charge is 0.357 e. The van der Waals surface area contributed by atoms with Crippen LogP contribution < -0.4 is 0 Å². The number of rotatable bonds is 4. The molecule has 5 nitrogen and oxygen atoms in total. The third-order valence-corrected chi connectivity index (χ3v) is 5.55. The van der Waals surface area contributed by atoms with Crippen LogP contribution in [0.1, 0.15) is 18.4 Å². The third kappa shape index (κ3) is 4.20. The van der Waals surface area contributed by atoms with E-state index in [-0.39, 0.29) is 23.8 Å². The van der Waals surface area contributed by atoms with Gasteiger partial charge in [0, 0.05) is 6.42 Å². The van der Waals surface area contributed by atoms with Crippen LogP contribution in [0.4, 0.5) is 0 Å². The standard InChI is InChI=1S/C13H18O5S2/c1-10-2-4-12(5-3-10)20(16,17)18-9-11-6-7-19-13(14,15)8-11/h2-5,11,14-15H,6-9H2,1H3. The Kier molecular flexibility index (Phi) is 4.76. The van der Waals surface area contributed by atoms with Gasteiger partial charge in [-0.3, -0.25) is 4.18 Å². The molecule has 1 fully saturated rings. The lowest BCUT2D eigenvalue weighted by Crippen LogP contribution is -2.34. The van der Waals surface area contributed by atoms with Crippen molar-refractivity contribution in [2.75, 3.05) is 12.4 Å². The summed E-state index contributed by atoms with van der Waals surface area (Å²) in [6.45, 7) is 1.85. The van der Waals surface area contributed by atoms with Crippen LogP contribution in [0.15, 0.2) is 29.2 Å². The minimum Gasteiger partial charge on any atom is -0.357 e. The highest BCUT2D eigenvalue weighted by Gasteiger charge is 2.33. The number of hydrogen-bond acceptors (Lipinski definition) is 6. The Bertz CT molecular complexity index is 551.